The first-order valence-electron chi connectivity index (χ1n) is 9.13. The van der Waals surface area contributed by atoms with Crippen molar-refractivity contribution < 1.29 is 9.53 Å². The second-order valence-corrected chi connectivity index (χ2v) is 8.85. The topological polar surface area (TPSA) is 26.3 Å². The van der Waals surface area contributed by atoms with Gasteiger partial charge in [0, 0.05) is 11.8 Å². The first kappa shape index (κ1) is 16.1. The van der Waals surface area contributed by atoms with Gasteiger partial charge in [-0.2, -0.15) is 0 Å². The summed E-state index contributed by atoms with van der Waals surface area (Å²) in [6.45, 7) is 12.0. The van der Waals surface area contributed by atoms with Gasteiger partial charge in [0.2, 0.25) is 0 Å². The third-order valence-corrected chi connectivity index (χ3v) is 7.33. The summed E-state index contributed by atoms with van der Waals surface area (Å²) in [5.74, 6) is 1.09. The van der Waals surface area contributed by atoms with E-state index in [1.807, 2.05) is 0 Å². The van der Waals surface area contributed by atoms with Crippen LogP contribution in [0.25, 0.3) is 0 Å². The summed E-state index contributed by atoms with van der Waals surface area (Å²) in [6.07, 6.45) is 9.50. The molecule has 4 unspecified atom stereocenters. The summed E-state index contributed by atoms with van der Waals surface area (Å²) in [7, 11) is 0. The molecule has 2 heteroatoms. The van der Waals surface area contributed by atoms with Gasteiger partial charge in [-0.25, -0.2) is 0 Å². The van der Waals surface area contributed by atoms with Crippen LogP contribution in [0, 0.1) is 28.1 Å². The summed E-state index contributed by atoms with van der Waals surface area (Å²) in [5.41, 5.74) is 2.26. The van der Waals surface area contributed by atoms with Crippen LogP contribution in [0.15, 0.2) is 11.6 Å². The molecule has 22 heavy (non-hydrogen) atoms. The Bertz CT molecular complexity index is 506. The number of rotatable bonds is 4. The van der Waals surface area contributed by atoms with Crippen LogP contribution >= 0.6 is 0 Å². The maximum atomic E-state index is 12.1. The zero-order chi connectivity index (χ0) is 16.2. The number of hydrogen-bond acceptors (Lipinski definition) is 2. The van der Waals surface area contributed by atoms with Gasteiger partial charge in [0.15, 0.2) is 0 Å². The van der Waals surface area contributed by atoms with Crippen LogP contribution in [0.3, 0.4) is 0 Å². The second-order valence-electron chi connectivity index (χ2n) is 8.85. The quantitative estimate of drug-likeness (QED) is 0.531. The molecule has 124 valence electrons. The SMILES string of the molecule is CC1=CC2(C)CCCC23C(C)CCC13COC(=O)CC(C)C. The van der Waals surface area contributed by atoms with E-state index in [0.717, 1.165) is 5.92 Å². The number of allylic oxidation sites excluding steroid dienone is 1. The Morgan fingerprint density at radius 1 is 1.36 bits per heavy atom. The number of carbonyl (C=O) groups is 1. The number of esters is 1. The van der Waals surface area contributed by atoms with E-state index in [-0.39, 0.29) is 11.4 Å². The van der Waals surface area contributed by atoms with Crippen LogP contribution in [0.2, 0.25) is 0 Å². The minimum Gasteiger partial charge on any atom is -0.465 e. The van der Waals surface area contributed by atoms with Gasteiger partial charge in [0.05, 0.1) is 0 Å². The van der Waals surface area contributed by atoms with Crippen molar-refractivity contribution in [3.05, 3.63) is 11.6 Å². The summed E-state index contributed by atoms with van der Waals surface area (Å²) in [5, 5.41) is 0. The third-order valence-electron chi connectivity index (χ3n) is 7.33. The zero-order valence-electron chi connectivity index (χ0n) is 15.0. The molecule has 3 rings (SSSR count). The highest BCUT2D eigenvalue weighted by molar-refractivity contribution is 5.69. The molecule has 0 heterocycles. The van der Waals surface area contributed by atoms with Gasteiger partial charge in [-0.1, -0.05) is 45.8 Å². The van der Waals surface area contributed by atoms with Gasteiger partial charge >= 0.3 is 5.97 Å². The Morgan fingerprint density at radius 2 is 2.09 bits per heavy atom. The lowest BCUT2D eigenvalue weighted by molar-refractivity contribution is -0.151. The average molecular weight is 304 g/mol. The molecule has 0 bridgehead atoms. The largest absolute Gasteiger partial charge is 0.465 e. The molecule has 0 radical (unpaired) electrons. The molecule has 2 nitrogen and oxygen atoms in total. The number of hydrogen-bond donors (Lipinski definition) is 0. The normalized spacial score (nSPS) is 43.2. The molecule has 0 aliphatic heterocycles. The highest BCUT2D eigenvalue weighted by Gasteiger charge is 2.71. The van der Waals surface area contributed by atoms with E-state index in [9.17, 15) is 4.79 Å². The van der Waals surface area contributed by atoms with E-state index in [1.165, 1.54) is 37.7 Å². The highest BCUT2D eigenvalue weighted by Crippen LogP contribution is 2.77. The fraction of sp³-hybridized carbons (Fsp3) is 0.850. The minimum absolute atomic E-state index is 0.0153. The Balaban J connectivity index is 1.88. The molecular formula is C20H32O2. The summed E-state index contributed by atoms with van der Waals surface area (Å²) >= 11 is 0. The van der Waals surface area contributed by atoms with Crippen LogP contribution in [-0.4, -0.2) is 12.6 Å². The standard InChI is InChI=1S/C20H32O2/c1-14(2)11-17(21)22-13-19-10-7-15(3)20(19)9-6-8-18(20,5)12-16(19)4/h12,14-15H,6-11,13H2,1-5H3. The van der Waals surface area contributed by atoms with Gasteiger partial charge in [-0.05, 0) is 55.3 Å². The lowest BCUT2D eigenvalue weighted by atomic mass is 9.55. The molecule has 2 saturated carbocycles. The van der Waals surface area contributed by atoms with E-state index in [4.69, 9.17) is 4.74 Å². The molecule has 2 fully saturated rings. The van der Waals surface area contributed by atoms with Crippen LogP contribution < -0.4 is 0 Å². The molecule has 1 spiro atoms. The Labute approximate surface area is 135 Å². The Morgan fingerprint density at radius 3 is 2.77 bits per heavy atom. The van der Waals surface area contributed by atoms with Crippen LogP contribution in [-0.2, 0) is 9.53 Å². The van der Waals surface area contributed by atoms with E-state index in [0.29, 0.717) is 29.8 Å². The first-order chi connectivity index (χ1) is 10.3. The molecule has 0 aromatic carbocycles. The minimum atomic E-state index is -0.0153. The average Bonchev–Trinajstić information content (AvgIpc) is 2.95. The van der Waals surface area contributed by atoms with E-state index >= 15 is 0 Å². The first-order valence-corrected chi connectivity index (χ1v) is 9.13. The van der Waals surface area contributed by atoms with Crippen molar-refractivity contribution in [3.8, 4) is 0 Å². The molecule has 0 amide bonds. The van der Waals surface area contributed by atoms with Crippen molar-refractivity contribution in [3.63, 3.8) is 0 Å². The summed E-state index contributed by atoms with van der Waals surface area (Å²) < 4.78 is 5.83. The lowest BCUT2D eigenvalue weighted by Crippen LogP contribution is -2.47. The van der Waals surface area contributed by atoms with Crippen molar-refractivity contribution in [2.24, 2.45) is 28.1 Å². The summed E-state index contributed by atoms with van der Waals surface area (Å²) in [6, 6.07) is 0. The number of ether oxygens (including phenoxy) is 1. The van der Waals surface area contributed by atoms with Crippen molar-refractivity contribution in [1.82, 2.24) is 0 Å². The van der Waals surface area contributed by atoms with Crippen LogP contribution in [0.5, 0.6) is 0 Å². The Hall–Kier alpha value is -0.790. The highest BCUT2D eigenvalue weighted by atomic mass is 16.5. The molecule has 0 aromatic rings. The fourth-order valence-electron chi connectivity index (χ4n) is 6.52. The molecule has 0 N–H and O–H groups in total. The molecule has 0 aromatic heterocycles. The lowest BCUT2D eigenvalue weighted by Gasteiger charge is -2.49. The van der Waals surface area contributed by atoms with Crippen molar-refractivity contribution in [2.75, 3.05) is 6.61 Å². The van der Waals surface area contributed by atoms with Gasteiger partial charge in [0.25, 0.3) is 0 Å². The summed E-state index contributed by atoms with van der Waals surface area (Å²) in [4.78, 5) is 12.1. The predicted octanol–water partition coefficient (Wildman–Crippen LogP) is 5.13. The van der Waals surface area contributed by atoms with Crippen molar-refractivity contribution in [1.29, 1.82) is 0 Å². The Kier molecular flexibility index (Phi) is 3.73. The molecule has 3 aliphatic carbocycles. The van der Waals surface area contributed by atoms with E-state index in [1.54, 1.807) is 0 Å². The van der Waals surface area contributed by atoms with Crippen molar-refractivity contribution >= 4 is 5.97 Å². The molecule has 4 atom stereocenters. The maximum absolute atomic E-state index is 12.1. The van der Waals surface area contributed by atoms with Gasteiger partial charge < -0.3 is 4.74 Å². The maximum Gasteiger partial charge on any atom is 0.306 e. The molecule has 0 saturated heterocycles. The monoisotopic (exact) mass is 304 g/mol. The molecule has 3 aliphatic rings. The van der Waals surface area contributed by atoms with Gasteiger partial charge in [-0.15, -0.1) is 0 Å². The number of carbonyl (C=O) groups excluding carboxylic acids is 1. The zero-order valence-corrected chi connectivity index (χ0v) is 15.0. The van der Waals surface area contributed by atoms with E-state index in [2.05, 4.69) is 40.7 Å². The smallest absolute Gasteiger partial charge is 0.306 e. The van der Waals surface area contributed by atoms with Gasteiger partial charge in [0.1, 0.15) is 6.61 Å². The van der Waals surface area contributed by atoms with E-state index < -0.39 is 0 Å². The molecular weight excluding hydrogens is 272 g/mol. The third kappa shape index (κ3) is 1.88. The van der Waals surface area contributed by atoms with Crippen LogP contribution in [0.1, 0.15) is 73.1 Å². The fourth-order valence-corrected chi connectivity index (χ4v) is 6.52. The van der Waals surface area contributed by atoms with Gasteiger partial charge in [-0.3, -0.25) is 4.79 Å². The van der Waals surface area contributed by atoms with Crippen LogP contribution in [0.4, 0.5) is 0 Å². The van der Waals surface area contributed by atoms with Crippen molar-refractivity contribution in [2.45, 2.75) is 73.1 Å². The second kappa shape index (κ2) is 5.11. The predicted molar refractivity (Wildman–Crippen MR) is 89.4 cm³/mol.